The predicted molar refractivity (Wildman–Crippen MR) is 78.3 cm³/mol. The standard InChI is InChI=1S/C15H27N3O/c1-3-7-16-11-14-6-5-8-18(14)13-15-12-17(4-2)9-10-19-15/h5-6,8,15-16H,3-4,7,9-13H2,1-2H3. The molecule has 1 fully saturated rings. The number of aromatic nitrogens is 1. The number of morpholine rings is 1. The van der Waals surface area contributed by atoms with Crippen LogP contribution in [0.4, 0.5) is 0 Å². The first kappa shape index (κ1) is 14.6. The van der Waals surface area contributed by atoms with Crippen molar-refractivity contribution in [2.75, 3.05) is 32.8 Å². The molecule has 0 aromatic carbocycles. The average molecular weight is 265 g/mol. The van der Waals surface area contributed by atoms with Crippen LogP contribution in [0, 0.1) is 0 Å². The zero-order chi connectivity index (χ0) is 13.5. The lowest BCUT2D eigenvalue weighted by Gasteiger charge is -2.32. The molecule has 1 aromatic heterocycles. The Balaban J connectivity index is 1.86. The summed E-state index contributed by atoms with van der Waals surface area (Å²) in [7, 11) is 0. The van der Waals surface area contributed by atoms with Gasteiger partial charge >= 0.3 is 0 Å². The largest absolute Gasteiger partial charge is 0.374 e. The minimum absolute atomic E-state index is 0.325. The SMILES string of the molecule is CCCNCc1cccn1CC1CN(CC)CCO1. The van der Waals surface area contributed by atoms with Gasteiger partial charge in [-0.05, 0) is 31.6 Å². The number of nitrogens with zero attached hydrogens (tertiary/aromatic N) is 2. The monoisotopic (exact) mass is 265 g/mol. The maximum Gasteiger partial charge on any atom is 0.0881 e. The van der Waals surface area contributed by atoms with Crippen LogP contribution in [0.25, 0.3) is 0 Å². The second-order valence-corrected chi connectivity index (χ2v) is 5.21. The molecule has 4 nitrogen and oxygen atoms in total. The highest BCUT2D eigenvalue weighted by Crippen LogP contribution is 2.10. The first-order valence-electron chi connectivity index (χ1n) is 7.52. The molecule has 0 amide bonds. The summed E-state index contributed by atoms with van der Waals surface area (Å²) in [6, 6.07) is 4.33. The smallest absolute Gasteiger partial charge is 0.0881 e. The summed E-state index contributed by atoms with van der Waals surface area (Å²) in [6.07, 6.45) is 3.67. The van der Waals surface area contributed by atoms with Gasteiger partial charge in [0.2, 0.25) is 0 Å². The van der Waals surface area contributed by atoms with Gasteiger partial charge in [-0.1, -0.05) is 13.8 Å². The lowest BCUT2D eigenvalue weighted by atomic mass is 10.2. The molecule has 1 aliphatic rings. The number of hydrogen-bond donors (Lipinski definition) is 1. The van der Waals surface area contributed by atoms with Crippen LogP contribution in [-0.2, 0) is 17.8 Å². The van der Waals surface area contributed by atoms with Crippen molar-refractivity contribution in [3.8, 4) is 0 Å². The summed E-state index contributed by atoms with van der Waals surface area (Å²) in [6.45, 7) is 11.5. The minimum Gasteiger partial charge on any atom is -0.374 e. The first-order valence-corrected chi connectivity index (χ1v) is 7.52. The molecule has 4 heteroatoms. The topological polar surface area (TPSA) is 29.4 Å². The molecular weight excluding hydrogens is 238 g/mol. The van der Waals surface area contributed by atoms with Crippen molar-refractivity contribution in [1.29, 1.82) is 0 Å². The van der Waals surface area contributed by atoms with Crippen LogP contribution in [0.2, 0.25) is 0 Å². The molecule has 0 radical (unpaired) electrons. The summed E-state index contributed by atoms with van der Waals surface area (Å²) in [5.41, 5.74) is 1.35. The normalized spacial score (nSPS) is 20.8. The van der Waals surface area contributed by atoms with Gasteiger partial charge in [-0.2, -0.15) is 0 Å². The third-order valence-corrected chi connectivity index (χ3v) is 3.73. The van der Waals surface area contributed by atoms with Crippen molar-refractivity contribution in [1.82, 2.24) is 14.8 Å². The van der Waals surface area contributed by atoms with Gasteiger partial charge in [0, 0.05) is 38.1 Å². The summed E-state index contributed by atoms with van der Waals surface area (Å²) in [5.74, 6) is 0. The van der Waals surface area contributed by atoms with Crippen LogP contribution in [0.5, 0.6) is 0 Å². The maximum atomic E-state index is 5.88. The van der Waals surface area contributed by atoms with Crippen molar-refractivity contribution in [2.24, 2.45) is 0 Å². The molecule has 0 saturated carbocycles. The molecule has 108 valence electrons. The fraction of sp³-hybridized carbons (Fsp3) is 0.733. The third-order valence-electron chi connectivity index (χ3n) is 3.73. The van der Waals surface area contributed by atoms with E-state index in [1.165, 1.54) is 12.1 Å². The van der Waals surface area contributed by atoms with E-state index >= 15 is 0 Å². The lowest BCUT2D eigenvalue weighted by molar-refractivity contribution is -0.0345. The number of nitrogens with one attached hydrogen (secondary N) is 1. The van der Waals surface area contributed by atoms with E-state index in [1.807, 2.05) is 0 Å². The van der Waals surface area contributed by atoms with Crippen LogP contribution in [-0.4, -0.2) is 48.4 Å². The van der Waals surface area contributed by atoms with Gasteiger partial charge in [0.25, 0.3) is 0 Å². The molecule has 1 atom stereocenters. The quantitative estimate of drug-likeness (QED) is 0.761. The van der Waals surface area contributed by atoms with Crippen LogP contribution < -0.4 is 5.32 Å². The minimum atomic E-state index is 0.325. The fourth-order valence-electron chi connectivity index (χ4n) is 2.58. The Bertz CT molecular complexity index is 364. The predicted octanol–water partition coefficient (Wildman–Crippen LogP) is 1.71. The summed E-state index contributed by atoms with van der Waals surface area (Å²) >= 11 is 0. The summed E-state index contributed by atoms with van der Waals surface area (Å²) in [4.78, 5) is 2.46. The highest BCUT2D eigenvalue weighted by molar-refractivity contribution is 5.07. The second-order valence-electron chi connectivity index (χ2n) is 5.21. The van der Waals surface area contributed by atoms with Gasteiger partial charge in [0.15, 0.2) is 0 Å². The number of ether oxygens (including phenoxy) is 1. The Morgan fingerprint density at radius 1 is 1.42 bits per heavy atom. The molecule has 1 unspecified atom stereocenters. The van der Waals surface area contributed by atoms with Crippen molar-refractivity contribution < 1.29 is 4.74 Å². The van der Waals surface area contributed by atoms with Gasteiger partial charge in [0.05, 0.1) is 12.7 Å². The lowest BCUT2D eigenvalue weighted by Crippen LogP contribution is -2.44. The fourth-order valence-corrected chi connectivity index (χ4v) is 2.58. The van der Waals surface area contributed by atoms with Gasteiger partial charge < -0.3 is 14.6 Å². The molecule has 0 spiro atoms. The van der Waals surface area contributed by atoms with Gasteiger partial charge in [0.1, 0.15) is 0 Å². The van der Waals surface area contributed by atoms with E-state index < -0.39 is 0 Å². The molecule has 1 aliphatic heterocycles. The van der Waals surface area contributed by atoms with Crippen LogP contribution >= 0.6 is 0 Å². The Kier molecular flexibility index (Phi) is 5.89. The van der Waals surface area contributed by atoms with Crippen LogP contribution in [0.1, 0.15) is 26.0 Å². The van der Waals surface area contributed by atoms with Gasteiger partial charge in [-0.25, -0.2) is 0 Å². The highest BCUT2D eigenvalue weighted by Gasteiger charge is 2.19. The van der Waals surface area contributed by atoms with Crippen LogP contribution in [0.15, 0.2) is 18.3 Å². The number of rotatable bonds is 7. The molecule has 0 bridgehead atoms. The maximum absolute atomic E-state index is 5.88. The van der Waals surface area contributed by atoms with Crippen molar-refractivity contribution in [3.63, 3.8) is 0 Å². The third kappa shape index (κ3) is 4.34. The molecule has 1 aromatic rings. The van der Waals surface area contributed by atoms with E-state index in [0.717, 1.165) is 45.9 Å². The van der Waals surface area contributed by atoms with Crippen LogP contribution in [0.3, 0.4) is 0 Å². The zero-order valence-electron chi connectivity index (χ0n) is 12.3. The molecule has 1 N–H and O–H groups in total. The van der Waals surface area contributed by atoms with Crippen molar-refractivity contribution in [3.05, 3.63) is 24.0 Å². The Morgan fingerprint density at radius 2 is 2.32 bits per heavy atom. The molecule has 19 heavy (non-hydrogen) atoms. The molecule has 2 heterocycles. The Morgan fingerprint density at radius 3 is 3.11 bits per heavy atom. The zero-order valence-corrected chi connectivity index (χ0v) is 12.3. The summed E-state index contributed by atoms with van der Waals surface area (Å²) < 4.78 is 8.21. The van der Waals surface area contributed by atoms with Crippen molar-refractivity contribution in [2.45, 2.75) is 39.5 Å². The molecular formula is C15H27N3O. The van der Waals surface area contributed by atoms with E-state index in [0.29, 0.717) is 6.10 Å². The average Bonchev–Trinajstić information content (AvgIpc) is 2.87. The van der Waals surface area contributed by atoms with Gasteiger partial charge in [-0.15, -0.1) is 0 Å². The Labute approximate surface area is 116 Å². The van der Waals surface area contributed by atoms with E-state index in [1.54, 1.807) is 0 Å². The second kappa shape index (κ2) is 7.68. The highest BCUT2D eigenvalue weighted by atomic mass is 16.5. The van der Waals surface area contributed by atoms with Gasteiger partial charge in [-0.3, -0.25) is 4.90 Å². The van der Waals surface area contributed by atoms with E-state index in [4.69, 9.17) is 4.74 Å². The number of hydrogen-bond acceptors (Lipinski definition) is 3. The Hall–Kier alpha value is -0.840. The molecule has 2 rings (SSSR count). The first-order chi connectivity index (χ1) is 9.33. The summed E-state index contributed by atoms with van der Waals surface area (Å²) in [5, 5.41) is 3.46. The molecule has 1 saturated heterocycles. The van der Waals surface area contributed by atoms with E-state index in [-0.39, 0.29) is 0 Å². The van der Waals surface area contributed by atoms with E-state index in [9.17, 15) is 0 Å². The number of likely N-dealkylation sites (N-methyl/N-ethyl adjacent to an activating group) is 1. The molecule has 0 aliphatic carbocycles. The van der Waals surface area contributed by atoms with E-state index in [2.05, 4.69) is 47.0 Å². The van der Waals surface area contributed by atoms with Crippen molar-refractivity contribution >= 4 is 0 Å².